The standard InChI is InChI=1S/C15H18N2O2/c1-8(2)14-13-10-7-9(15(18)19)3-4-11(10)17-12(13)5-6-16-14/h3-4,7-8,14,16-17H,5-6H2,1-2H3,(H,18,19). The Morgan fingerprint density at radius 1 is 1.42 bits per heavy atom. The molecule has 1 aromatic heterocycles. The average molecular weight is 258 g/mol. The number of aromatic nitrogens is 1. The number of rotatable bonds is 2. The van der Waals surface area contributed by atoms with Crippen LogP contribution < -0.4 is 5.32 Å². The van der Waals surface area contributed by atoms with Crippen LogP contribution >= 0.6 is 0 Å². The number of hydrogen-bond donors (Lipinski definition) is 3. The highest BCUT2D eigenvalue weighted by Gasteiger charge is 2.26. The van der Waals surface area contributed by atoms with Crippen LogP contribution in [0.5, 0.6) is 0 Å². The van der Waals surface area contributed by atoms with Crippen molar-refractivity contribution in [2.45, 2.75) is 26.3 Å². The van der Waals surface area contributed by atoms with Gasteiger partial charge in [0.15, 0.2) is 0 Å². The fourth-order valence-electron chi connectivity index (χ4n) is 2.98. The smallest absolute Gasteiger partial charge is 0.335 e. The Balaban J connectivity index is 2.23. The van der Waals surface area contributed by atoms with Gasteiger partial charge in [-0.05, 0) is 29.7 Å². The molecule has 2 aromatic rings. The van der Waals surface area contributed by atoms with Gasteiger partial charge in [-0.25, -0.2) is 4.79 Å². The molecule has 0 saturated heterocycles. The third-order valence-electron chi connectivity index (χ3n) is 3.88. The van der Waals surface area contributed by atoms with Crippen molar-refractivity contribution in [3.8, 4) is 0 Å². The van der Waals surface area contributed by atoms with Crippen molar-refractivity contribution in [1.82, 2.24) is 10.3 Å². The van der Waals surface area contributed by atoms with Crippen LogP contribution in [0, 0.1) is 5.92 Å². The van der Waals surface area contributed by atoms with Gasteiger partial charge in [-0.1, -0.05) is 13.8 Å². The van der Waals surface area contributed by atoms with Crippen molar-refractivity contribution >= 4 is 16.9 Å². The van der Waals surface area contributed by atoms with Gasteiger partial charge in [0.1, 0.15) is 0 Å². The predicted molar refractivity (Wildman–Crippen MR) is 74.5 cm³/mol. The van der Waals surface area contributed by atoms with Gasteiger partial charge >= 0.3 is 5.97 Å². The van der Waals surface area contributed by atoms with Crippen LogP contribution in [0.2, 0.25) is 0 Å². The number of carbonyl (C=O) groups is 1. The van der Waals surface area contributed by atoms with Crippen molar-refractivity contribution in [2.75, 3.05) is 6.54 Å². The number of nitrogens with one attached hydrogen (secondary N) is 2. The van der Waals surface area contributed by atoms with E-state index in [2.05, 4.69) is 24.1 Å². The molecule has 1 unspecified atom stereocenters. The molecule has 3 rings (SSSR count). The Labute approximate surface area is 111 Å². The van der Waals surface area contributed by atoms with Crippen molar-refractivity contribution in [1.29, 1.82) is 0 Å². The molecule has 0 spiro atoms. The molecule has 1 aliphatic heterocycles. The molecular formula is C15H18N2O2. The molecule has 100 valence electrons. The molecule has 1 aliphatic rings. The van der Waals surface area contributed by atoms with Crippen molar-refractivity contribution < 1.29 is 9.90 Å². The Hall–Kier alpha value is -1.81. The molecule has 3 N–H and O–H groups in total. The SMILES string of the molecule is CC(C)C1NCCc2[nH]c3ccc(C(=O)O)cc3c21. The van der Waals surface area contributed by atoms with Crippen LogP contribution in [-0.4, -0.2) is 22.6 Å². The zero-order valence-electron chi connectivity index (χ0n) is 11.2. The quantitative estimate of drug-likeness (QED) is 0.776. The number of benzene rings is 1. The van der Waals surface area contributed by atoms with E-state index in [1.165, 1.54) is 11.3 Å². The minimum Gasteiger partial charge on any atom is -0.478 e. The van der Waals surface area contributed by atoms with E-state index in [0.29, 0.717) is 17.5 Å². The van der Waals surface area contributed by atoms with E-state index in [1.54, 1.807) is 12.1 Å². The fraction of sp³-hybridized carbons (Fsp3) is 0.400. The Bertz CT molecular complexity index is 643. The third kappa shape index (κ3) is 1.92. The largest absolute Gasteiger partial charge is 0.478 e. The zero-order chi connectivity index (χ0) is 13.6. The summed E-state index contributed by atoms with van der Waals surface area (Å²) in [5.41, 5.74) is 3.88. The van der Waals surface area contributed by atoms with Gasteiger partial charge in [0.25, 0.3) is 0 Å². The van der Waals surface area contributed by atoms with E-state index in [4.69, 9.17) is 5.11 Å². The first-order valence-corrected chi connectivity index (χ1v) is 6.69. The maximum atomic E-state index is 11.1. The Morgan fingerprint density at radius 3 is 2.89 bits per heavy atom. The average Bonchev–Trinajstić information content (AvgIpc) is 2.75. The van der Waals surface area contributed by atoms with Crippen molar-refractivity contribution in [2.24, 2.45) is 5.92 Å². The minimum absolute atomic E-state index is 0.293. The lowest BCUT2D eigenvalue weighted by Crippen LogP contribution is -2.32. The molecule has 0 amide bonds. The highest BCUT2D eigenvalue weighted by atomic mass is 16.4. The number of aromatic amines is 1. The molecule has 1 aromatic carbocycles. The van der Waals surface area contributed by atoms with Gasteiger partial charge in [-0.3, -0.25) is 0 Å². The number of hydrogen-bond acceptors (Lipinski definition) is 2. The molecule has 2 heterocycles. The summed E-state index contributed by atoms with van der Waals surface area (Å²) in [5, 5.41) is 13.7. The second-order valence-corrected chi connectivity index (χ2v) is 5.51. The molecule has 1 atom stereocenters. The monoisotopic (exact) mass is 258 g/mol. The third-order valence-corrected chi connectivity index (χ3v) is 3.88. The maximum Gasteiger partial charge on any atom is 0.335 e. The lowest BCUT2D eigenvalue weighted by molar-refractivity contribution is 0.0697. The molecule has 0 radical (unpaired) electrons. The molecule has 0 aliphatic carbocycles. The van der Waals surface area contributed by atoms with Gasteiger partial charge in [0.05, 0.1) is 5.56 Å². The van der Waals surface area contributed by atoms with E-state index in [-0.39, 0.29) is 0 Å². The van der Waals surface area contributed by atoms with Crippen LogP contribution in [0.4, 0.5) is 0 Å². The summed E-state index contributed by atoms with van der Waals surface area (Å²) in [4.78, 5) is 14.6. The molecule has 0 saturated carbocycles. The summed E-state index contributed by atoms with van der Waals surface area (Å²) in [6, 6.07) is 5.61. The maximum absolute atomic E-state index is 11.1. The summed E-state index contributed by atoms with van der Waals surface area (Å²) in [7, 11) is 0. The minimum atomic E-state index is -0.873. The van der Waals surface area contributed by atoms with Gasteiger partial charge < -0.3 is 15.4 Å². The van der Waals surface area contributed by atoms with Crippen molar-refractivity contribution in [3.05, 3.63) is 35.0 Å². The summed E-state index contributed by atoms with van der Waals surface area (Å²) in [6.45, 7) is 5.34. The van der Waals surface area contributed by atoms with Gasteiger partial charge in [0, 0.05) is 35.6 Å². The molecule has 19 heavy (non-hydrogen) atoms. The number of carboxylic acid groups (broad SMARTS) is 1. The van der Waals surface area contributed by atoms with Crippen LogP contribution in [-0.2, 0) is 6.42 Å². The number of fused-ring (bicyclic) bond motifs is 3. The normalized spacial score (nSPS) is 18.8. The summed E-state index contributed by atoms with van der Waals surface area (Å²) in [5.74, 6) is -0.395. The van der Waals surface area contributed by atoms with E-state index in [1.807, 2.05) is 6.07 Å². The fourth-order valence-corrected chi connectivity index (χ4v) is 2.98. The zero-order valence-corrected chi connectivity index (χ0v) is 11.2. The van der Waals surface area contributed by atoms with E-state index in [9.17, 15) is 4.79 Å². The summed E-state index contributed by atoms with van der Waals surface area (Å²) >= 11 is 0. The second kappa shape index (κ2) is 4.38. The van der Waals surface area contributed by atoms with Gasteiger partial charge in [-0.2, -0.15) is 0 Å². The number of carboxylic acids is 1. The molecular weight excluding hydrogens is 240 g/mol. The van der Waals surface area contributed by atoms with Crippen LogP contribution in [0.1, 0.15) is 41.5 Å². The molecule has 0 bridgehead atoms. The molecule has 4 heteroatoms. The van der Waals surface area contributed by atoms with Crippen LogP contribution in [0.15, 0.2) is 18.2 Å². The summed E-state index contributed by atoms with van der Waals surface area (Å²) in [6.07, 6.45) is 0.968. The van der Waals surface area contributed by atoms with Crippen LogP contribution in [0.3, 0.4) is 0 Å². The van der Waals surface area contributed by atoms with E-state index in [0.717, 1.165) is 23.9 Å². The van der Waals surface area contributed by atoms with Gasteiger partial charge in [-0.15, -0.1) is 0 Å². The first-order valence-electron chi connectivity index (χ1n) is 6.69. The first-order chi connectivity index (χ1) is 9.08. The Kier molecular flexibility index (Phi) is 2.82. The summed E-state index contributed by atoms with van der Waals surface area (Å²) < 4.78 is 0. The highest BCUT2D eigenvalue weighted by molar-refractivity contribution is 5.95. The van der Waals surface area contributed by atoms with E-state index < -0.39 is 5.97 Å². The second-order valence-electron chi connectivity index (χ2n) is 5.51. The number of aromatic carboxylic acids is 1. The Morgan fingerprint density at radius 2 is 2.21 bits per heavy atom. The predicted octanol–water partition coefficient (Wildman–Crippen LogP) is 2.71. The highest BCUT2D eigenvalue weighted by Crippen LogP contribution is 2.35. The van der Waals surface area contributed by atoms with Crippen molar-refractivity contribution in [3.63, 3.8) is 0 Å². The number of H-pyrrole nitrogens is 1. The topological polar surface area (TPSA) is 65.1 Å². The first kappa shape index (κ1) is 12.2. The lowest BCUT2D eigenvalue weighted by Gasteiger charge is -2.28. The molecule has 0 fully saturated rings. The lowest BCUT2D eigenvalue weighted by atomic mass is 9.90. The van der Waals surface area contributed by atoms with Gasteiger partial charge in [0.2, 0.25) is 0 Å². The molecule has 4 nitrogen and oxygen atoms in total. The van der Waals surface area contributed by atoms with Crippen LogP contribution in [0.25, 0.3) is 10.9 Å². The van der Waals surface area contributed by atoms with E-state index >= 15 is 0 Å².